The van der Waals surface area contributed by atoms with Crippen LogP contribution in [0, 0.1) is 0 Å². The number of rotatable bonds is 6. The van der Waals surface area contributed by atoms with Crippen LogP contribution in [0.2, 0.25) is 0 Å². The Morgan fingerprint density at radius 2 is 1.65 bits per heavy atom. The average Bonchev–Trinajstić information content (AvgIpc) is 3.13. The minimum atomic E-state index is -0.152. The molecule has 2 aliphatic rings. The van der Waals surface area contributed by atoms with Gasteiger partial charge in [0.15, 0.2) is 23.0 Å². The lowest BCUT2D eigenvalue weighted by molar-refractivity contribution is 0.173. The van der Waals surface area contributed by atoms with E-state index in [0.717, 1.165) is 23.5 Å². The molecule has 0 saturated heterocycles. The Labute approximate surface area is 178 Å². The molecular weight excluding hydrogens is 400 g/mol. The van der Waals surface area contributed by atoms with Crippen LogP contribution in [0.3, 0.4) is 0 Å². The third-order valence-corrected chi connectivity index (χ3v) is 5.04. The van der Waals surface area contributed by atoms with E-state index in [1.807, 2.05) is 30.3 Å². The quantitative estimate of drug-likeness (QED) is 0.564. The Hall–Kier alpha value is -3.68. The summed E-state index contributed by atoms with van der Waals surface area (Å²) in [7, 11) is 0. The van der Waals surface area contributed by atoms with Crippen molar-refractivity contribution in [1.82, 2.24) is 9.78 Å². The molecule has 160 valence electrons. The minimum absolute atomic E-state index is 0.152. The van der Waals surface area contributed by atoms with Gasteiger partial charge in [0, 0.05) is 37.1 Å². The molecule has 0 radical (unpaired) electrons. The fourth-order valence-electron chi connectivity index (χ4n) is 3.46. The molecule has 2 aromatic carbocycles. The van der Waals surface area contributed by atoms with Crippen LogP contribution in [0.15, 0.2) is 53.3 Å². The van der Waals surface area contributed by atoms with Gasteiger partial charge in [0.1, 0.15) is 5.75 Å². The molecule has 0 atom stereocenters. The molecule has 0 N–H and O–H groups in total. The number of hydrogen-bond acceptors (Lipinski definition) is 7. The molecule has 0 unspecified atom stereocenters. The molecule has 5 rings (SSSR count). The average molecular weight is 422 g/mol. The van der Waals surface area contributed by atoms with Crippen molar-refractivity contribution in [2.75, 3.05) is 26.6 Å². The molecule has 3 heterocycles. The third-order valence-electron chi connectivity index (χ3n) is 5.04. The van der Waals surface area contributed by atoms with Crippen molar-refractivity contribution >= 4 is 0 Å². The highest BCUT2D eigenvalue weighted by Crippen LogP contribution is 2.35. The molecule has 0 spiro atoms. The van der Waals surface area contributed by atoms with Gasteiger partial charge < -0.3 is 23.7 Å². The van der Waals surface area contributed by atoms with Gasteiger partial charge in [-0.15, -0.1) is 0 Å². The lowest BCUT2D eigenvalue weighted by Gasteiger charge is -2.11. The monoisotopic (exact) mass is 422 g/mol. The predicted octanol–water partition coefficient (Wildman–Crippen LogP) is 3.27. The molecular formula is C23H22N2O6. The lowest BCUT2D eigenvalue weighted by atomic mass is 10.1. The Morgan fingerprint density at radius 3 is 2.58 bits per heavy atom. The SMILES string of the molecule is O=c1ccc(-c2ccc3c(c2)OCCCO3)nn1CCCOc1ccc2c(c1)OCO2. The number of ether oxygens (including phenoxy) is 5. The number of nitrogens with zero attached hydrogens (tertiary/aromatic N) is 2. The van der Waals surface area contributed by atoms with Crippen molar-refractivity contribution in [1.29, 1.82) is 0 Å². The Bertz CT molecular complexity index is 1140. The Morgan fingerprint density at radius 1 is 0.871 bits per heavy atom. The van der Waals surface area contributed by atoms with Gasteiger partial charge in [-0.1, -0.05) is 0 Å². The van der Waals surface area contributed by atoms with E-state index >= 15 is 0 Å². The van der Waals surface area contributed by atoms with E-state index in [9.17, 15) is 4.79 Å². The van der Waals surface area contributed by atoms with Gasteiger partial charge >= 0.3 is 0 Å². The standard InChI is InChI=1S/C23H22N2O6/c26-23-8-5-18(16-3-6-19-21(13-16)29-12-2-11-28-19)24-25(23)9-1-10-27-17-4-7-20-22(14-17)31-15-30-20/h3-8,13-14H,1-2,9-12,15H2. The highest BCUT2D eigenvalue weighted by molar-refractivity contribution is 5.63. The van der Waals surface area contributed by atoms with E-state index < -0.39 is 0 Å². The summed E-state index contributed by atoms with van der Waals surface area (Å²) in [6.45, 7) is 2.38. The molecule has 0 bridgehead atoms. The molecule has 3 aromatic rings. The molecule has 8 nitrogen and oxygen atoms in total. The van der Waals surface area contributed by atoms with Gasteiger partial charge in [0.25, 0.3) is 5.56 Å². The maximum Gasteiger partial charge on any atom is 0.266 e. The molecule has 0 amide bonds. The summed E-state index contributed by atoms with van der Waals surface area (Å²) < 4.78 is 29.3. The normalized spacial score (nSPS) is 14.2. The van der Waals surface area contributed by atoms with E-state index in [2.05, 4.69) is 5.10 Å². The molecule has 31 heavy (non-hydrogen) atoms. The highest BCUT2D eigenvalue weighted by atomic mass is 16.7. The van der Waals surface area contributed by atoms with Gasteiger partial charge in [-0.2, -0.15) is 5.10 Å². The first-order valence-corrected chi connectivity index (χ1v) is 10.3. The van der Waals surface area contributed by atoms with Crippen molar-refractivity contribution in [3.05, 3.63) is 58.9 Å². The second-order valence-electron chi connectivity index (χ2n) is 7.21. The molecule has 1 aromatic heterocycles. The summed E-state index contributed by atoms with van der Waals surface area (Å²) in [5, 5.41) is 4.52. The zero-order valence-corrected chi connectivity index (χ0v) is 16.9. The zero-order chi connectivity index (χ0) is 21.0. The zero-order valence-electron chi connectivity index (χ0n) is 16.9. The Kier molecular flexibility index (Phi) is 5.35. The summed E-state index contributed by atoms with van der Waals surface area (Å²) in [5.74, 6) is 3.53. The summed E-state index contributed by atoms with van der Waals surface area (Å²) in [4.78, 5) is 12.3. The van der Waals surface area contributed by atoms with Crippen molar-refractivity contribution in [2.45, 2.75) is 19.4 Å². The first-order chi connectivity index (χ1) is 15.3. The summed E-state index contributed by atoms with van der Waals surface area (Å²) in [5.41, 5.74) is 1.42. The summed E-state index contributed by atoms with van der Waals surface area (Å²) in [6.07, 6.45) is 1.48. The van der Waals surface area contributed by atoms with E-state index in [1.54, 1.807) is 12.1 Å². The molecule has 0 aliphatic carbocycles. The second kappa shape index (κ2) is 8.59. The van der Waals surface area contributed by atoms with E-state index in [0.29, 0.717) is 55.7 Å². The number of aryl methyl sites for hydroxylation is 1. The van der Waals surface area contributed by atoms with Gasteiger partial charge in [-0.25, -0.2) is 4.68 Å². The number of hydrogen-bond donors (Lipinski definition) is 0. The van der Waals surface area contributed by atoms with Crippen LogP contribution < -0.4 is 29.2 Å². The first-order valence-electron chi connectivity index (χ1n) is 10.3. The largest absolute Gasteiger partial charge is 0.493 e. The van der Waals surface area contributed by atoms with Gasteiger partial charge in [-0.05, 0) is 36.4 Å². The molecule has 2 aliphatic heterocycles. The second-order valence-corrected chi connectivity index (χ2v) is 7.21. The number of aromatic nitrogens is 2. The Balaban J connectivity index is 1.24. The number of benzene rings is 2. The summed E-state index contributed by atoms with van der Waals surface area (Å²) >= 11 is 0. The molecule has 0 saturated carbocycles. The van der Waals surface area contributed by atoms with Gasteiger partial charge in [0.2, 0.25) is 6.79 Å². The van der Waals surface area contributed by atoms with Crippen LogP contribution in [0.4, 0.5) is 0 Å². The maximum atomic E-state index is 12.3. The minimum Gasteiger partial charge on any atom is -0.493 e. The van der Waals surface area contributed by atoms with Crippen LogP contribution in [0.1, 0.15) is 12.8 Å². The van der Waals surface area contributed by atoms with Crippen LogP contribution in [0.5, 0.6) is 28.7 Å². The fraction of sp³-hybridized carbons (Fsp3) is 0.304. The van der Waals surface area contributed by atoms with Crippen LogP contribution >= 0.6 is 0 Å². The molecule has 0 fully saturated rings. The number of fused-ring (bicyclic) bond motifs is 2. The third kappa shape index (κ3) is 4.28. The van der Waals surface area contributed by atoms with Gasteiger partial charge in [-0.3, -0.25) is 4.79 Å². The molecule has 8 heteroatoms. The summed E-state index contributed by atoms with van der Waals surface area (Å²) in [6, 6.07) is 14.4. The lowest BCUT2D eigenvalue weighted by Crippen LogP contribution is -2.23. The van der Waals surface area contributed by atoms with Crippen LogP contribution in [-0.4, -0.2) is 36.4 Å². The van der Waals surface area contributed by atoms with Crippen molar-refractivity contribution in [3.8, 4) is 40.0 Å². The van der Waals surface area contributed by atoms with Crippen molar-refractivity contribution in [3.63, 3.8) is 0 Å². The van der Waals surface area contributed by atoms with Crippen molar-refractivity contribution < 1.29 is 23.7 Å². The smallest absolute Gasteiger partial charge is 0.266 e. The predicted molar refractivity (Wildman–Crippen MR) is 112 cm³/mol. The first kappa shape index (κ1) is 19.3. The van der Waals surface area contributed by atoms with E-state index in [1.165, 1.54) is 10.7 Å². The van der Waals surface area contributed by atoms with Crippen LogP contribution in [-0.2, 0) is 6.54 Å². The highest BCUT2D eigenvalue weighted by Gasteiger charge is 2.14. The van der Waals surface area contributed by atoms with Crippen molar-refractivity contribution in [2.24, 2.45) is 0 Å². The van der Waals surface area contributed by atoms with Crippen LogP contribution in [0.25, 0.3) is 11.3 Å². The van der Waals surface area contributed by atoms with Gasteiger partial charge in [0.05, 0.1) is 25.5 Å². The topological polar surface area (TPSA) is 81.0 Å². The van der Waals surface area contributed by atoms with E-state index in [-0.39, 0.29) is 12.4 Å². The maximum absolute atomic E-state index is 12.3. The van der Waals surface area contributed by atoms with E-state index in [4.69, 9.17) is 23.7 Å². The fourth-order valence-corrected chi connectivity index (χ4v) is 3.46.